The number of para-hydroxylation sites is 1. The number of Topliss-reactive ketones (excluding diaryl/α,β-unsaturated/α-hetero) is 1. The Morgan fingerprint density at radius 3 is 2.26 bits per heavy atom. The predicted molar refractivity (Wildman–Crippen MR) is 62.6 cm³/mol. The molecule has 0 aromatic heterocycles. The molecular weight excluding hydrogens is 257 g/mol. The van der Waals surface area contributed by atoms with Crippen molar-refractivity contribution in [2.45, 2.75) is 0 Å². The van der Waals surface area contributed by atoms with Crippen molar-refractivity contribution >= 4 is 5.78 Å². The zero-order chi connectivity index (χ0) is 13.8. The van der Waals surface area contributed by atoms with Crippen LogP contribution < -0.4 is 4.74 Å². The van der Waals surface area contributed by atoms with Crippen LogP contribution in [0.4, 0.5) is 13.2 Å². The van der Waals surface area contributed by atoms with Gasteiger partial charge in [0.1, 0.15) is 11.6 Å². The van der Waals surface area contributed by atoms with E-state index in [9.17, 15) is 18.0 Å². The van der Waals surface area contributed by atoms with Crippen LogP contribution in [0.5, 0.6) is 5.75 Å². The first-order valence-corrected chi connectivity index (χ1v) is 5.43. The summed E-state index contributed by atoms with van der Waals surface area (Å²) in [6.07, 6.45) is 0. The molecule has 0 atom stereocenters. The van der Waals surface area contributed by atoms with E-state index in [-0.39, 0.29) is 0 Å². The number of benzene rings is 2. The molecule has 0 saturated carbocycles. The van der Waals surface area contributed by atoms with Crippen LogP contribution in [-0.2, 0) is 0 Å². The van der Waals surface area contributed by atoms with Crippen LogP contribution in [-0.4, -0.2) is 12.4 Å². The number of carbonyl (C=O) groups is 1. The second kappa shape index (κ2) is 5.56. The molecule has 2 rings (SSSR count). The maximum absolute atomic E-state index is 13.3. The fourth-order valence-electron chi connectivity index (χ4n) is 1.48. The van der Waals surface area contributed by atoms with Gasteiger partial charge in [-0.25, -0.2) is 13.2 Å². The molecule has 98 valence electrons. The minimum Gasteiger partial charge on any atom is -0.485 e. The maximum atomic E-state index is 13.3. The lowest BCUT2D eigenvalue weighted by molar-refractivity contribution is 0.0916. The van der Waals surface area contributed by atoms with Crippen LogP contribution in [0.3, 0.4) is 0 Å². The van der Waals surface area contributed by atoms with Crippen molar-refractivity contribution in [2.75, 3.05) is 6.61 Å². The first-order valence-electron chi connectivity index (χ1n) is 5.43. The Hall–Kier alpha value is -2.30. The lowest BCUT2D eigenvalue weighted by Crippen LogP contribution is -2.14. The van der Waals surface area contributed by atoms with Crippen molar-refractivity contribution in [1.29, 1.82) is 0 Å². The Labute approximate surface area is 107 Å². The molecule has 5 heteroatoms. The van der Waals surface area contributed by atoms with Crippen LogP contribution in [0.2, 0.25) is 0 Å². The largest absolute Gasteiger partial charge is 0.485 e. The highest BCUT2D eigenvalue weighted by molar-refractivity contribution is 5.97. The van der Waals surface area contributed by atoms with Gasteiger partial charge in [-0.3, -0.25) is 4.79 Å². The van der Waals surface area contributed by atoms with Gasteiger partial charge in [0.15, 0.2) is 18.2 Å². The Morgan fingerprint density at radius 1 is 0.947 bits per heavy atom. The normalized spacial score (nSPS) is 10.3. The number of carbonyl (C=O) groups excluding carboxylic acids is 1. The van der Waals surface area contributed by atoms with Crippen molar-refractivity contribution < 1.29 is 22.7 Å². The Bertz CT molecular complexity index is 597. The van der Waals surface area contributed by atoms with Gasteiger partial charge in [0.25, 0.3) is 0 Å². The van der Waals surface area contributed by atoms with E-state index < -0.39 is 35.4 Å². The molecule has 2 aromatic carbocycles. The molecular formula is C14H9F3O2. The number of ether oxygens (including phenoxy) is 1. The van der Waals surface area contributed by atoms with E-state index in [0.29, 0.717) is 17.9 Å². The summed E-state index contributed by atoms with van der Waals surface area (Å²) in [6.45, 7) is -0.452. The molecule has 2 nitrogen and oxygen atoms in total. The molecule has 0 aliphatic carbocycles. The minimum atomic E-state index is -1.34. The van der Waals surface area contributed by atoms with Gasteiger partial charge < -0.3 is 4.74 Å². The van der Waals surface area contributed by atoms with Gasteiger partial charge in [-0.1, -0.05) is 18.2 Å². The van der Waals surface area contributed by atoms with Gasteiger partial charge in [0, 0.05) is 6.07 Å². The third-order valence-electron chi connectivity index (χ3n) is 2.42. The lowest BCUT2D eigenvalue weighted by atomic mass is 10.1. The van der Waals surface area contributed by atoms with E-state index in [2.05, 4.69) is 0 Å². The summed E-state index contributed by atoms with van der Waals surface area (Å²) in [5.74, 6) is -4.05. The van der Waals surface area contributed by atoms with Gasteiger partial charge in [-0.05, 0) is 18.2 Å². The first kappa shape index (κ1) is 13.1. The van der Waals surface area contributed by atoms with Crippen LogP contribution >= 0.6 is 0 Å². The predicted octanol–water partition coefficient (Wildman–Crippen LogP) is 3.37. The van der Waals surface area contributed by atoms with Crippen LogP contribution in [0, 0.1) is 17.5 Å². The summed E-state index contributed by atoms with van der Waals surface area (Å²) in [4.78, 5) is 11.6. The standard InChI is InChI=1S/C14H9F3O2/c15-11-7-13(17)12(16)6-10(11)14(18)8-19-9-4-2-1-3-5-9/h1-7H,8H2. The number of halogens is 3. The molecule has 0 aliphatic heterocycles. The summed E-state index contributed by atoms with van der Waals surface area (Å²) in [7, 11) is 0. The molecule has 0 saturated heterocycles. The fraction of sp³-hybridized carbons (Fsp3) is 0.0714. The van der Waals surface area contributed by atoms with Gasteiger partial charge in [-0.15, -0.1) is 0 Å². The van der Waals surface area contributed by atoms with E-state index >= 15 is 0 Å². The van der Waals surface area contributed by atoms with E-state index in [0.717, 1.165) is 0 Å². The third kappa shape index (κ3) is 3.13. The summed E-state index contributed by atoms with van der Waals surface area (Å²) < 4.78 is 44.1. The van der Waals surface area contributed by atoms with Crippen LogP contribution in [0.25, 0.3) is 0 Å². The van der Waals surface area contributed by atoms with E-state index in [4.69, 9.17) is 4.74 Å². The number of ketones is 1. The molecule has 0 N–H and O–H groups in total. The zero-order valence-corrected chi connectivity index (χ0v) is 9.70. The number of rotatable bonds is 4. The van der Waals surface area contributed by atoms with Crippen molar-refractivity contribution in [3.05, 3.63) is 65.5 Å². The van der Waals surface area contributed by atoms with Gasteiger partial charge >= 0.3 is 0 Å². The fourth-order valence-corrected chi connectivity index (χ4v) is 1.48. The van der Waals surface area contributed by atoms with Crippen LogP contribution in [0.1, 0.15) is 10.4 Å². The molecule has 0 bridgehead atoms. The van der Waals surface area contributed by atoms with Crippen molar-refractivity contribution in [3.8, 4) is 5.75 Å². The van der Waals surface area contributed by atoms with Crippen molar-refractivity contribution in [1.82, 2.24) is 0 Å². The SMILES string of the molecule is O=C(COc1ccccc1)c1cc(F)c(F)cc1F. The molecule has 0 unspecified atom stereocenters. The molecule has 0 heterocycles. The molecule has 19 heavy (non-hydrogen) atoms. The minimum absolute atomic E-state index is 0.338. The molecule has 2 aromatic rings. The highest BCUT2D eigenvalue weighted by Crippen LogP contribution is 2.15. The van der Waals surface area contributed by atoms with Crippen LogP contribution in [0.15, 0.2) is 42.5 Å². The van der Waals surface area contributed by atoms with E-state index in [1.807, 2.05) is 0 Å². The molecule has 0 radical (unpaired) electrons. The van der Waals surface area contributed by atoms with Crippen molar-refractivity contribution in [2.24, 2.45) is 0 Å². The smallest absolute Gasteiger partial charge is 0.203 e. The van der Waals surface area contributed by atoms with Crippen molar-refractivity contribution in [3.63, 3.8) is 0 Å². The summed E-state index contributed by atoms with van der Waals surface area (Å²) in [5, 5.41) is 0. The Morgan fingerprint density at radius 2 is 1.58 bits per heavy atom. The van der Waals surface area contributed by atoms with Gasteiger partial charge in [0.05, 0.1) is 5.56 Å². The second-order valence-electron chi connectivity index (χ2n) is 3.77. The maximum Gasteiger partial charge on any atom is 0.203 e. The topological polar surface area (TPSA) is 26.3 Å². The molecule has 0 fully saturated rings. The quantitative estimate of drug-likeness (QED) is 0.626. The third-order valence-corrected chi connectivity index (χ3v) is 2.42. The average Bonchev–Trinajstić information content (AvgIpc) is 2.41. The second-order valence-corrected chi connectivity index (χ2v) is 3.77. The van der Waals surface area contributed by atoms with Gasteiger partial charge in [-0.2, -0.15) is 0 Å². The molecule has 0 aliphatic rings. The summed E-state index contributed by atoms with van der Waals surface area (Å²) in [6, 6.07) is 9.29. The number of hydrogen-bond acceptors (Lipinski definition) is 2. The monoisotopic (exact) mass is 266 g/mol. The lowest BCUT2D eigenvalue weighted by Gasteiger charge is -2.06. The summed E-state index contributed by atoms with van der Waals surface area (Å²) >= 11 is 0. The molecule has 0 spiro atoms. The first-order chi connectivity index (χ1) is 9.08. The highest BCUT2D eigenvalue weighted by Gasteiger charge is 2.16. The van der Waals surface area contributed by atoms with E-state index in [1.165, 1.54) is 0 Å². The van der Waals surface area contributed by atoms with E-state index in [1.54, 1.807) is 30.3 Å². The Kier molecular flexibility index (Phi) is 3.85. The zero-order valence-electron chi connectivity index (χ0n) is 9.70. The molecule has 0 amide bonds. The summed E-state index contributed by atoms with van der Waals surface area (Å²) in [5.41, 5.74) is -0.533. The highest BCUT2D eigenvalue weighted by atomic mass is 19.2. The Balaban J connectivity index is 2.10. The number of hydrogen-bond donors (Lipinski definition) is 0. The van der Waals surface area contributed by atoms with Gasteiger partial charge in [0.2, 0.25) is 5.78 Å². The average molecular weight is 266 g/mol.